The molecule has 162 valence electrons. The van der Waals surface area contributed by atoms with Gasteiger partial charge >= 0.3 is 0 Å². The van der Waals surface area contributed by atoms with E-state index in [-0.39, 0.29) is 11.2 Å². The molecule has 0 radical (unpaired) electrons. The molecule has 0 saturated heterocycles. The molecule has 0 unspecified atom stereocenters. The summed E-state index contributed by atoms with van der Waals surface area (Å²) in [6, 6.07) is 7.23. The first-order valence-corrected chi connectivity index (χ1v) is 11.2. The summed E-state index contributed by atoms with van der Waals surface area (Å²) in [5.74, 6) is 0.609. The highest BCUT2D eigenvalue weighted by Crippen LogP contribution is 2.31. The maximum atomic E-state index is 14.7. The third kappa shape index (κ3) is 4.54. The van der Waals surface area contributed by atoms with Crippen molar-refractivity contribution in [2.45, 2.75) is 53.0 Å². The highest BCUT2D eigenvalue weighted by atomic mass is 32.1. The van der Waals surface area contributed by atoms with Crippen molar-refractivity contribution in [1.29, 1.82) is 0 Å². The summed E-state index contributed by atoms with van der Waals surface area (Å²) >= 11 is 1.49. The molecule has 0 saturated carbocycles. The molecular formula is C23H27FN6S. The molecule has 4 rings (SSSR count). The van der Waals surface area contributed by atoms with Crippen LogP contribution in [0.5, 0.6) is 0 Å². The molecule has 0 aliphatic rings. The first-order valence-electron chi connectivity index (χ1n) is 10.4. The number of nitrogens with one attached hydrogen (secondary N) is 1. The fourth-order valence-electron chi connectivity index (χ4n) is 3.27. The zero-order valence-electron chi connectivity index (χ0n) is 18.5. The number of aromatic nitrogens is 5. The summed E-state index contributed by atoms with van der Waals surface area (Å²) in [5.41, 5.74) is 3.79. The van der Waals surface area contributed by atoms with Gasteiger partial charge in [0.05, 0.1) is 29.1 Å². The van der Waals surface area contributed by atoms with Crippen LogP contribution in [0, 0.1) is 12.7 Å². The van der Waals surface area contributed by atoms with Crippen LogP contribution in [0.15, 0.2) is 42.2 Å². The molecule has 0 aliphatic carbocycles. The maximum Gasteiger partial charge on any atom is 0.188 e. The average Bonchev–Trinajstić information content (AvgIpc) is 3.43. The topological polar surface area (TPSA) is 60.6 Å². The van der Waals surface area contributed by atoms with Crippen molar-refractivity contribution in [3.8, 4) is 16.9 Å². The Morgan fingerprint density at radius 1 is 1.19 bits per heavy atom. The quantitative estimate of drug-likeness (QED) is 0.396. The van der Waals surface area contributed by atoms with Crippen LogP contribution in [0.3, 0.4) is 0 Å². The first-order chi connectivity index (χ1) is 14.7. The molecule has 4 aromatic rings. The van der Waals surface area contributed by atoms with Gasteiger partial charge in [-0.3, -0.25) is 0 Å². The molecule has 1 N–H and O–H groups in total. The lowest BCUT2D eigenvalue weighted by atomic mass is 9.92. The summed E-state index contributed by atoms with van der Waals surface area (Å²) in [6.07, 6.45) is 4.41. The molecule has 0 spiro atoms. The van der Waals surface area contributed by atoms with Gasteiger partial charge in [0.25, 0.3) is 0 Å². The second-order valence-electron chi connectivity index (χ2n) is 8.64. The van der Waals surface area contributed by atoms with Gasteiger partial charge in [0, 0.05) is 35.2 Å². The number of aryl methyl sites for hydroxylation is 2. The van der Waals surface area contributed by atoms with Crippen LogP contribution in [0.4, 0.5) is 15.3 Å². The summed E-state index contributed by atoms with van der Waals surface area (Å²) in [4.78, 5) is 8.84. The van der Waals surface area contributed by atoms with Gasteiger partial charge < -0.3 is 9.88 Å². The Kier molecular flexibility index (Phi) is 5.66. The van der Waals surface area contributed by atoms with E-state index in [1.54, 1.807) is 23.2 Å². The van der Waals surface area contributed by atoms with Crippen molar-refractivity contribution in [3.05, 3.63) is 59.4 Å². The predicted octanol–water partition coefficient (Wildman–Crippen LogP) is 6.09. The Morgan fingerprint density at radius 3 is 2.65 bits per heavy atom. The summed E-state index contributed by atoms with van der Waals surface area (Å²) in [6.45, 7) is 11.3. The van der Waals surface area contributed by atoms with E-state index in [1.807, 2.05) is 23.1 Å². The first kappa shape index (κ1) is 21.2. The molecule has 0 bridgehead atoms. The third-order valence-corrected chi connectivity index (χ3v) is 5.71. The van der Waals surface area contributed by atoms with Crippen molar-refractivity contribution in [3.63, 3.8) is 0 Å². The van der Waals surface area contributed by atoms with E-state index in [4.69, 9.17) is 5.10 Å². The van der Waals surface area contributed by atoms with Crippen LogP contribution in [0.2, 0.25) is 0 Å². The lowest BCUT2D eigenvalue weighted by Crippen LogP contribution is -2.13. The highest BCUT2D eigenvalue weighted by molar-refractivity contribution is 7.14. The number of benzene rings is 1. The Labute approximate surface area is 185 Å². The predicted molar refractivity (Wildman–Crippen MR) is 124 cm³/mol. The fourth-order valence-corrected chi connectivity index (χ4v) is 3.99. The molecule has 0 aliphatic heterocycles. The minimum atomic E-state index is -0.312. The number of thiazole rings is 1. The maximum absolute atomic E-state index is 14.7. The molecule has 3 heterocycles. The smallest absolute Gasteiger partial charge is 0.188 e. The SMILES string of the molecule is CCCn1nc(C(C)(C)C)cc1Nc1nc(-c2ccc(-n3cnc(C)c3)c(F)c2)cs1. The fraction of sp³-hybridized carbons (Fsp3) is 0.348. The van der Waals surface area contributed by atoms with Gasteiger partial charge in [-0.1, -0.05) is 33.8 Å². The summed E-state index contributed by atoms with van der Waals surface area (Å²) < 4.78 is 18.4. The van der Waals surface area contributed by atoms with Crippen LogP contribution in [-0.2, 0) is 12.0 Å². The number of hydrogen-bond acceptors (Lipinski definition) is 5. The van der Waals surface area contributed by atoms with Gasteiger partial charge in [-0.2, -0.15) is 5.10 Å². The summed E-state index contributed by atoms with van der Waals surface area (Å²) in [5, 5.41) is 10.8. The molecule has 31 heavy (non-hydrogen) atoms. The van der Waals surface area contributed by atoms with E-state index in [0.29, 0.717) is 5.69 Å². The standard InChI is InChI=1S/C23H27FN6S/c1-6-9-30-21(11-20(28-30)23(3,4)5)27-22-26-18(13-31-22)16-7-8-19(17(24)10-16)29-12-15(2)25-14-29/h7-8,10-14H,6,9H2,1-5H3,(H,26,27). The van der Waals surface area contributed by atoms with Crippen molar-refractivity contribution in [2.75, 3.05) is 5.32 Å². The third-order valence-electron chi connectivity index (χ3n) is 4.96. The zero-order chi connectivity index (χ0) is 22.2. The number of nitrogens with zero attached hydrogens (tertiary/aromatic N) is 5. The van der Waals surface area contributed by atoms with Crippen molar-refractivity contribution >= 4 is 22.3 Å². The van der Waals surface area contributed by atoms with E-state index in [0.717, 1.165) is 46.6 Å². The van der Waals surface area contributed by atoms with E-state index in [9.17, 15) is 4.39 Å². The number of imidazole rings is 1. The Morgan fingerprint density at radius 2 is 2.00 bits per heavy atom. The molecule has 3 aromatic heterocycles. The highest BCUT2D eigenvalue weighted by Gasteiger charge is 2.20. The van der Waals surface area contributed by atoms with E-state index in [2.05, 4.69) is 49.0 Å². The molecule has 6 nitrogen and oxygen atoms in total. The van der Waals surface area contributed by atoms with Crippen molar-refractivity contribution in [1.82, 2.24) is 24.3 Å². The van der Waals surface area contributed by atoms with Gasteiger partial charge in [0.1, 0.15) is 11.6 Å². The minimum Gasteiger partial charge on any atom is -0.316 e. The minimum absolute atomic E-state index is 0.0312. The lowest BCUT2D eigenvalue weighted by molar-refractivity contribution is 0.530. The number of rotatable bonds is 6. The molecule has 0 amide bonds. The Balaban J connectivity index is 1.58. The zero-order valence-corrected chi connectivity index (χ0v) is 19.3. The Hall–Kier alpha value is -3.00. The van der Waals surface area contributed by atoms with Crippen LogP contribution in [-0.4, -0.2) is 24.3 Å². The van der Waals surface area contributed by atoms with Crippen molar-refractivity contribution < 1.29 is 4.39 Å². The lowest BCUT2D eigenvalue weighted by Gasteiger charge is -2.13. The van der Waals surface area contributed by atoms with Gasteiger partial charge in [-0.05, 0) is 25.5 Å². The number of hydrogen-bond donors (Lipinski definition) is 1. The van der Waals surface area contributed by atoms with E-state index in [1.165, 1.54) is 17.4 Å². The van der Waals surface area contributed by atoms with Gasteiger partial charge in [0.15, 0.2) is 5.13 Å². The largest absolute Gasteiger partial charge is 0.316 e. The van der Waals surface area contributed by atoms with Crippen LogP contribution in [0.25, 0.3) is 16.9 Å². The second kappa shape index (κ2) is 8.26. The van der Waals surface area contributed by atoms with Gasteiger partial charge in [-0.15, -0.1) is 11.3 Å². The Bertz CT molecular complexity index is 1200. The van der Waals surface area contributed by atoms with Crippen LogP contribution < -0.4 is 5.32 Å². The molecule has 0 fully saturated rings. The van der Waals surface area contributed by atoms with Crippen molar-refractivity contribution in [2.24, 2.45) is 0 Å². The monoisotopic (exact) mass is 438 g/mol. The molecule has 1 aromatic carbocycles. The molecule has 8 heteroatoms. The van der Waals surface area contributed by atoms with Crippen LogP contribution in [0.1, 0.15) is 45.5 Å². The van der Waals surface area contributed by atoms with E-state index < -0.39 is 0 Å². The van der Waals surface area contributed by atoms with E-state index >= 15 is 0 Å². The molecule has 0 atom stereocenters. The van der Waals surface area contributed by atoms with Gasteiger partial charge in [0.2, 0.25) is 0 Å². The molecular weight excluding hydrogens is 411 g/mol. The number of anilines is 2. The normalized spacial score (nSPS) is 11.8. The number of halogens is 1. The average molecular weight is 439 g/mol. The van der Waals surface area contributed by atoms with Gasteiger partial charge in [-0.25, -0.2) is 19.0 Å². The van der Waals surface area contributed by atoms with Crippen LogP contribution >= 0.6 is 11.3 Å². The second-order valence-corrected chi connectivity index (χ2v) is 9.50. The summed E-state index contributed by atoms with van der Waals surface area (Å²) in [7, 11) is 0.